The molecule has 8 bridgehead atoms. The number of pyridine rings is 1. The summed E-state index contributed by atoms with van der Waals surface area (Å²) in [7, 11) is 0. The van der Waals surface area contributed by atoms with Gasteiger partial charge in [0, 0.05) is 11.1 Å². The van der Waals surface area contributed by atoms with Crippen LogP contribution in [0.1, 0.15) is 139 Å². The van der Waals surface area contributed by atoms with Gasteiger partial charge in [-0.25, -0.2) is 4.98 Å². The van der Waals surface area contributed by atoms with Gasteiger partial charge in [0.2, 0.25) is 0 Å². The SMILES string of the molecule is CCCCOc1ccc(-c2cccc(-c3ccc(OCCCC)cc3-c3cc(C)cc(C45CC6CC(CC(C6)C4)C5)c3[O-])n2)c(-c2cc(C)cc(C34CC5CC(CC(C5)C3)C4)c2[O-])c1.[CH3-].[CH3-].[Zr+4]. The van der Waals surface area contributed by atoms with Crippen LogP contribution in [-0.2, 0) is 37.0 Å². The number of hydrogen-bond acceptors (Lipinski definition) is 5. The fourth-order valence-electron chi connectivity index (χ4n) is 15.1. The first kappa shape index (κ1) is 49.5. The van der Waals surface area contributed by atoms with E-state index in [1.54, 1.807) is 0 Å². The minimum absolute atomic E-state index is 0. The zero-order chi connectivity index (χ0) is 43.7. The van der Waals surface area contributed by atoms with Crippen molar-refractivity contribution in [1.29, 1.82) is 0 Å². The number of aromatic nitrogens is 1. The van der Waals surface area contributed by atoms with Crippen molar-refractivity contribution in [3.8, 4) is 67.8 Å². The molecule has 6 heteroatoms. The van der Waals surface area contributed by atoms with Gasteiger partial charge in [-0.1, -0.05) is 79.6 Å². The van der Waals surface area contributed by atoms with Crippen LogP contribution in [0, 0.1) is 64.2 Å². The predicted molar refractivity (Wildman–Crippen MR) is 268 cm³/mol. The molecule has 0 spiro atoms. The molecule has 0 radical (unpaired) electrons. The Hall–Kier alpha value is -3.89. The molecular formula is C61H73NO4Zr. The zero-order valence-corrected chi connectivity index (χ0v) is 43.7. The van der Waals surface area contributed by atoms with Crippen molar-refractivity contribution >= 4 is 0 Å². The van der Waals surface area contributed by atoms with Crippen LogP contribution in [0.3, 0.4) is 0 Å². The molecule has 4 aromatic carbocycles. The van der Waals surface area contributed by atoms with Crippen LogP contribution in [-0.4, -0.2) is 18.2 Å². The van der Waals surface area contributed by atoms with Crippen molar-refractivity contribution < 1.29 is 45.9 Å². The second kappa shape index (κ2) is 19.8. The summed E-state index contributed by atoms with van der Waals surface area (Å²) in [6.45, 7) is 9.94. The normalized spacial score (nSPS) is 27.2. The average molecular weight is 975 g/mol. The molecule has 8 aliphatic carbocycles. The number of nitrogens with zero attached hydrogens (tertiary/aromatic N) is 1. The van der Waals surface area contributed by atoms with Gasteiger partial charge in [-0.15, -0.1) is 0 Å². The predicted octanol–water partition coefficient (Wildman–Crippen LogP) is 14.7. The minimum Gasteiger partial charge on any atom is -0.872 e. The number of benzene rings is 4. The molecule has 0 N–H and O–H groups in total. The maximum Gasteiger partial charge on any atom is 4.00 e. The van der Waals surface area contributed by atoms with E-state index in [0.717, 1.165) is 178 Å². The van der Waals surface area contributed by atoms with Crippen LogP contribution in [0.25, 0.3) is 44.8 Å². The van der Waals surface area contributed by atoms with Gasteiger partial charge in [0.1, 0.15) is 11.5 Å². The topological polar surface area (TPSA) is 77.5 Å². The van der Waals surface area contributed by atoms with Gasteiger partial charge in [0.05, 0.1) is 24.6 Å². The van der Waals surface area contributed by atoms with Crippen LogP contribution >= 0.6 is 0 Å². The van der Waals surface area contributed by atoms with Crippen LogP contribution in [0.15, 0.2) is 78.9 Å². The number of ether oxygens (including phenoxy) is 2. The van der Waals surface area contributed by atoms with E-state index in [0.29, 0.717) is 13.2 Å². The summed E-state index contributed by atoms with van der Waals surface area (Å²) >= 11 is 0. The second-order valence-electron chi connectivity index (χ2n) is 22.0. The molecule has 5 nitrogen and oxygen atoms in total. The molecule has 0 amide bonds. The van der Waals surface area contributed by atoms with E-state index in [2.05, 4.69) is 94.4 Å². The summed E-state index contributed by atoms with van der Waals surface area (Å²) in [5.41, 5.74) is 11.0. The number of rotatable bonds is 14. The molecule has 1 aromatic heterocycles. The van der Waals surface area contributed by atoms with Gasteiger partial charge in [0.15, 0.2) is 0 Å². The first-order valence-corrected chi connectivity index (χ1v) is 25.3. The van der Waals surface area contributed by atoms with Crippen molar-refractivity contribution in [3.05, 3.63) is 116 Å². The molecule has 13 rings (SSSR count). The van der Waals surface area contributed by atoms with E-state index < -0.39 is 0 Å². The van der Waals surface area contributed by atoms with Crippen LogP contribution in [0.4, 0.5) is 0 Å². The molecule has 0 saturated heterocycles. The fourth-order valence-corrected chi connectivity index (χ4v) is 15.1. The van der Waals surface area contributed by atoms with Crippen LogP contribution < -0.4 is 19.7 Å². The Morgan fingerprint density at radius 2 is 0.851 bits per heavy atom. The van der Waals surface area contributed by atoms with Crippen LogP contribution in [0.5, 0.6) is 23.0 Å². The summed E-state index contributed by atoms with van der Waals surface area (Å²) in [5.74, 6) is 6.38. The van der Waals surface area contributed by atoms with E-state index in [1.807, 2.05) is 12.1 Å². The van der Waals surface area contributed by atoms with Crippen LogP contribution in [0.2, 0.25) is 0 Å². The first-order valence-electron chi connectivity index (χ1n) is 25.3. The van der Waals surface area contributed by atoms with Gasteiger partial charge < -0.3 is 34.5 Å². The first-order chi connectivity index (χ1) is 31.1. The Labute approximate surface area is 422 Å². The zero-order valence-electron chi connectivity index (χ0n) is 41.3. The van der Waals surface area contributed by atoms with E-state index >= 15 is 10.2 Å². The molecular weight excluding hydrogens is 902 g/mol. The number of unbranched alkanes of at least 4 members (excludes halogenated alkanes) is 2. The largest absolute Gasteiger partial charge is 4.00 e. The molecule has 8 fully saturated rings. The van der Waals surface area contributed by atoms with E-state index in [9.17, 15) is 0 Å². The van der Waals surface area contributed by atoms with Crippen molar-refractivity contribution in [3.63, 3.8) is 0 Å². The van der Waals surface area contributed by atoms with Gasteiger partial charge in [-0.05, 0) is 232 Å². The Balaban J connectivity index is 0.00000203. The van der Waals surface area contributed by atoms with E-state index in [-0.39, 0.29) is 63.4 Å². The second-order valence-corrected chi connectivity index (χ2v) is 22.0. The summed E-state index contributed by atoms with van der Waals surface area (Å²) in [5, 5.41) is 30.4. The summed E-state index contributed by atoms with van der Waals surface area (Å²) < 4.78 is 12.7. The van der Waals surface area contributed by atoms with Gasteiger partial charge in [0.25, 0.3) is 0 Å². The number of hydrogen-bond donors (Lipinski definition) is 0. The van der Waals surface area contributed by atoms with Gasteiger partial charge in [-0.2, -0.15) is 0 Å². The maximum atomic E-state index is 15.2. The monoisotopic (exact) mass is 973 g/mol. The standard InChI is InChI=1S/C59H69NO4.2CH3.Zr/c1-5-7-16-63-44-12-14-46(48(28-44)50-18-36(3)20-52(56(50)61)58-30-38-22-39(31-58)24-40(23-38)32-58)54-10-9-11-55(60-54)47-15-13-45(64-17-8-6-2)29-49(47)51-19-37(4)21-53(57(51)62)59-33-41-25-42(34-59)27-43(26-41)35-59;;;/h9-15,18-21,28-29,38-43,61-62H,5-8,16-17,22-27,30-35H2,1-4H3;2*1H3;/q;2*-1;+4/p-2. The quantitative estimate of drug-likeness (QED) is 0.0818. The molecule has 0 unspecified atom stereocenters. The number of aryl methyl sites for hydroxylation is 2. The van der Waals surface area contributed by atoms with E-state index in [1.165, 1.54) is 38.5 Å². The Kier molecular flexibility index (Phi) is 14.7. The third-order valence-electron chi connectivity index (χ3n) is 17.1. The molecule has 0 atom stereocenters. The average Bonchev–Trinajstić information content (AvgIpc) is 3.27. The minimum atomic E-state index is -0.0191. The molecule has 5 aromatic rings. The Morgan fingerprint density at radius 3 is 1.19 bits per heavy atom. The maximum absolute atomic E-state index is 15.2. The van der Waals surface area contributed by atoms with Crippen molar-refractivity contribution in [1.82, 2.24) is 4.98 Å². The third-order valence-corrected chi connectivity index (χ3v) is 17.1. The van der Waals surface area contributed by atoms with Crippen molar-refractivity contribution in [2.24, 2.45) is 35.5 Å². The summed E-state index contributed by atoms with van der Waals surface area (Å²) in [4.78, 5) is 5.47. The Bertz CT molecular complexity index is 2330. The van der Waals surface area contributed by atoms with Crippen molar-refractivity contribution in [2.75, 3.05) is 13.2 Å². The molecule has 8 aliphatic rings. The molecule has 350 valence electrons. The Morgan fingerprint density at radius 1 is 0.493 bits per heavy atom. The van der Waals surface area contributed by atoms with Gasteiger partial charge >= 0.3 is 26.2 Å². The smallest absolute Gasteiger partial charge is 0.872 e. The third kappa shape index (κ3) is 9.21. The fraction of sp³-hybridized carbons (Fsp3) is 0.492. The van der Waals surface area contributed by atoms with Gasteiger partial charge in [-0.3, -0.25) is 0 Å². The molecule has 1 heterocycles. The van der Waals surface area contributed by atoms with Crippen molar-refractivity contribution in [2.45, 2.75) is 141 Å². The molecule has 0 aliphatic heterocycles. The summed E-state index contributed by atoms with van der Waals surface area (Å²) in [6, 6.07) is 27.4. The molecule has 8 saturated carbocycles. The van der Waals surface area contributed by atoms with E-state index in [4.69, 9.17) is 14.5 Å². The molecule has 67 heavy (non-hydrogen) atoms. The summed E-state index contributed by atoms with van der Waals surface area (Å²) in [6.07, 6.45) is 19.0.